The molecule has 12 nitrogen and oxygen atoms in total. The van der Waals surface area contributed by atoms with Gasteiger partial charge >= 0.3 is 11.9 Å². The van der Waals surface area contributed by atoms with Crippen molar-refractivity contribution in [2.24, 2.45) is 5.16 Å². The Bertz CT molecular complexity index is 3230. The largest absolute Gasteiger partial charge is 0.450 e. The smallest absolute Gasteiger partial charge is 0.356 e. The van der Waals surface area contributed by atoms with E-state index in [4.69, 9.17) is 30.9 Å². The van der Waals surface area contributed by atoms with E-state index in [-0.39, 0.29) is 28.7 Å². The lowest BCUT2D eigenvalue weighted by Gasteiger charge is -2.49. The Balaban J connectivity index is 0.969. The number of amides is 2. The molecular weight excluding hydrogens is 1030 g/mol. The molecule has 2 N–H and O–H groups in total. The van der Waals surface area contributed by atoms with Crippen molar-refractivity contribution in [1.29, 1.82) is 0 Å². The summed E-state index contributed by atoms with van der Waals surface area (Å²) in [6.45, 7) is 2.99. The number of thiazole rings is 1. The zero-order chi connectivity index (χ0) is 53.4. The van der Waals surface area contributed by atoms with Crippen LogP contribution in [-0.4, -0.2) is 68.0 Å². The van der Waals surface area contributed by atoms with Gasteiger partial charge in [0.25, 0.3) is 11.8 Å². The number of hydrogen-bond acceptors (Lipinski definition) is 12. The molecule has 10 rings (SSSR count). The molecule has 2 amide bonds. The van der Waals surface area contributed by atoms with Gasteiger partial charge in [-0.3, -0.25) is 14.5 Å². The molecule has 2 aliphatic heterocycles. The molecule has 2 aliphatic rings. The molecule has 15 heteroatoms. The van der Waals surface area contributed by atoms with Gasteiger partial charge < -0.3 is 24.9 Å². The minimum atomic E-state index is -1.76. The molecule has 8 aromatic rings. The second-order valence-corrected chi connectivity index (χ2v) is 20.9. The fourth-order valence-corrected chi connectivity index (χ4v) is 11.8. The number of esters is 2. The molecule has 2 atom stereocenters. The third kappa shape index (κ3) is 11.0. The number of fused-ring (bicyclic) bond motifs is 1. The summed E-state index contributed by atoms with van der Waals surface area (Å²) in [6.07, 6.45) is -1.57. The number of aromatic nitrogens is 1. The van der Waals surface area contributed by atoms with Gasteiger partial charge in [0.1, 0.15) is 28.3 Å². The van der Waals surface area contributed by atoms with Crippen molar-refractivity contribution in [3.05, 3.63) is 274 Å². The van der Waals surface area contributed by atoms with Gasteiger partial charge in [0.15, 0.2) is 23.1 Å². The van der Waals surface area contributed by atoms with Crippen LogP contribution < -0.4 is 10.6 Å². The third-order valence-corrected chi connectivity index (χ3v) is 15.7. The average molecular weight is 1080 g/mol. The van der Waals surface area contributed by atoms with Crippen LogP contribution in [-0.2, 0) is 39.0 Å². The van der Waals surface area contributed by atoms with Crippen molar-refractivity contribution in [3.63, 3.8) is 0 Å². The molecule has 1 aromatic heterocycles. The predicted molar refractivity (Wildman–Crippen MR) is 301 cm³/mol. The number of hydrogen-bond donors (Lipinski definition) is 2. The maximum Gasteiger partial charge on any atom is 0.356 e. The van der Waals surface area contributed by atoms with Gasteiger partial charge in [-0.15, -0.1) is 34.7 Å². The van der Waals surface area contributed by atoms with E-state index >= 15 is 0 Å². The van der Waals surface area contributed by atoms with Crippen LogP contribution in [0.3, 0.4) is 0 Å². The Morgan fingerprint density at radius 1 is 0.662 bits per heavy atom. The molecule has 77 heavy (non-hydrogen) atoms. The Kier molecular flexibility index (Phi) is 15.8. The predicted octanol–water partition coefficient (Wildman–Crippen LogP) is 11.6. The van der Waals surface area contributed by atoms with Gasteiger partial charge in [-0.05, 0) is 58.4 Å². The molecule has 7 aromatic carbocycles. The average Bonchev–Trinajstić information content (AvgIpc) is 3.95. The van der Waals surface area contributed by atoms with E-state index in [2.05, 4.69) is 15.8 Å². The molecule has 0 bridgehead atoms. The minimum absolute atomic E-state index is 0.0313. The van der Waals surface area contributed by atoms with E-state index < -0.39 is 58.5 Å². The highest BCUT2D eigenvalue weighted by Gasteiger charge is 2.55. The van der Waals surface area contributed by atoms with Crippen molar-refractivity contribution in [1.82, 2.24) is 15.2 Å². The molecule has 386 valence electrons. The monoisotopic (exact) mass is 1080 g/mol. The number of halogens is 1. The van der Waals surface area contributed by atoms with E-state index in [1.807, 2.05) is 212 Å². The van der Waals surface area contributed by atoms with Crippen LogP contribution in [0.5, 0.6) is 0 Å². The van der Waals surface area contributed by atoms with E-state index in [9.17, 15) is 19.2 Å². The van der Waals surface area contributed by atoms with Crippen molar-refractivity contribution >= 4 is 69.3 Å². The molecular formula is C62H52ClN5O7S2. The maximum atomic E-state index is 15.0. The number of anilines is 1. The normalized spacial score (nSPS) is 15.6. The van der Waals surface area contributed by atoms with Crippen molar-refractivity contribution in [2.75, 3.05) is 16.9 Å². The summed E-state index contributed by atoms with van der Waals surface area (Å²) in [5.41, 5.74) is 3.34. The molecule has 0 spiro atoms. The van der Waals surface area contributed by atoms with Gasteiger partial charge in [0.05, 0.1) is 0 Å². The van der Waals surface area contributed by atoms with E-state index in [1.54, 1.807) is 5.38 Å². The van der Waals surface area contributed by atoms with Gasteiger partial charge in [0.2, 0.25) is 5.60 Å². The second-order valence-electron chi connectivity index (χ2n) is 18.7. The quantitative estimate of drug-likeness (QED) is 0.0200. The van der Waals surface area contributed by atoms with Crippen LogP contribution in [0.2, 0.25) is 0 Å². The molecule has 3 heterocycles. The van der Waals surface area contributed by atoms with Gasteiger partial charge in [-0.25, -0.2) is 14.6 Å². The highest BCUT2D eigenvalue weighted by molar-refractivity contribution is 8.00. The Morgan fingerprint density at radius 2 is 1.09 bits per heavy atom. The molecule has 1 saturated heterocycles. The Hall–Kier alpha value is -8.30. The Morgan fingerprint density at radius 3 is 1.53 bits per heavy atom. The fourth-order valence-electron chi connectivity index (χ4n) is 9.35. The number of rotatable bonds is 19. The van der Waals surface area contributed by atoms with E-state index in [1.165, 1.54) is 41.8 Å². The number of alkyl halides is 1. The number of nitrogens with zero attached hydrogens (tertiary/aromatic N) is 3. The number of benzene rings is 7. The lowest BCUT2D eigenvalue weighted by atomic mass is 9.77. The highest BCUT2D eigenvalue weighted by atomic mass is 35.5. The van der Waals surface area contributed by atoms with Crippen molar-refractivity contribution in [3.8, 4) is 0 Å². The van der Waals surface area contributed by atoms with E-state index in [0.717, 1.165) is 38.9 Å². The summed E-state index contributed by atoms with van der Waals surface area (Å²) in [7, 11) is 0. The summed E-state index contributed by atoms with van der Waals surface area (Å²) < 4.78 is 12.4. The number of ether oxygens (including phenoxy) is 2. The number of carbonyl (C=O) groups is 4. The van der Waals surface area contributed by atoms with Crippen LogP contribution in [0, 0.1) is 0 Å². The number of β-lactam (4-membered cyclic amide) rings is 1. The SMILES string of the molecule is CC(C)(O/N=C(/C(=O)N[C@@H]1C(=O)N2C(C(=O)OC(c3ccccc3)c3ccccc3)=C(CCl)CS[C@H]12)c1csc(NC(c2ccccc2)(c2ccccc2)c2ccccc2)n1)C(=O)OC(c1ccccc1)c1ccccc1. The first kappa shape index (κ1) is 52.2. The molecule has 1 fully saturated rings. The van der Waals surface area contributed by atoms with Crippen molar-refractivity contribution in [2.45, 2.75) is 48.6 Å². The Labute approximate surface area is 459 Å². The number of nitrogens with one attached hydrogen (secondary N) is 2. The number of oxime groups is 1. The first-order valence-electron chi connectivity index (χ1n) is 24.9. The van der Waals surface area contributed by atoms with Crippen molar-refractivity contribution < 1.29 is 33.5 Å². The van der Waals surface area contributed by atoms with Crippen LogP contribution in [0.25, 0.3) is 0 Å². The molecule has 0 unspecified atom stereocenters. The minimum Gasteiger partial charge on any atom is -0.450 e. The lowest BCUT2D eigenvalue weighted by molar-refractivity contribution is -0.172. The topological polar surface area (TPSA) is 149 Å². The first-order valence-corrected chi connectivity index (χ1v) is 27.3. The number of thioether (sulfide) groups is 1. The summed E-state index contributed by atoms with van der Waals surface area (Å²) in [6, 6.07) is 66.2. The summed E-state index contributed by atoms with van der Waals surface area (Å²) in [4.78, 5) is 70.5. The highest BCUT2D eigenvalue weighted by Crippen LogP contribution is 2.43. The molecule has 0 radical (unpaired) electrons. The van der Waals surface area contributed by atoms with Gasteiger partial charge in [0, 0.05) is 17.0 Å². The number of carbonyl (C=O) groups excluding carboxylic acids is 4. The standard InChI is InChI=1S/C62H52ClN5O7S2/c1-61(2,59(72)74-54(43-28-14-5-15-29-43)44-30-16-6-17-31-44)75-67-50(49-40-77-60(64-49)66-62(46-32-18-7-19-33-46,47-34-20-8-21-35-47)48-36-22-9-23-37-48)55(69)65-51-56(70)68-52(45(38-63)39-76-57(51)68)58(71)73-53(41-24-10-3-11-25-41)42-26-12-4-13-27-42/h3-37,40,51,53-54,57H,38-39H2,1-2H3,(H,64,66)(H,65,69)/b67-50+/t51-,57-/m1/s1. The van der Waals surface area contributed by atoms with Crippen LogP contribution in [0.4, 0.5) is 5.13 Å². The van der Waals surface area contributed by atoms with Crippen LogP contribution >= 0.6 is 34.7 Å². The van der Waals surface area contributed by atoms with Gasteiger partial charge in [-0.2, -0.15) is 0 Å². The maximum absolute atomic E-state index is 15.0. The fraction of sp³-hybridized carbons (Fsp3) is 0.161. The lowest BCUT2D eigenvalue weighted by Crippen LogP contribution is -2.71. The van der Waals surface area contributed by atoms with Crippen LogP contribution in [0.15, 0.2) is 234 Å². The summed E-state index contributed by atoms with van der Waals surface area (Å²) in [5, 5.41) is 12.4. The van der Waals surface area contributed by atoms with E-state index in [0.29, 0.717) is 10.7 Å². The summed E-state index contributed by atoms with van der Waals surface area (Å²) >= 11 is 9.06. The molecule has 0 saturated carbocycles. The summed E-state index contributed by atoms with van der Waals surface area (Å²) in [5.74, 6) is -2.61. The van der Waals surface area contributed by atoms with Gasteiger partial charge in [-0.1, -0.05) is 217 Å². The molecule has 0 aliphatic carbocycles. The second kappa shape index (κ2) is 23.3. The van der Waals surface area contributed by atoms with Crippen LogP contribution in [0.1, 0.15) is 70.7 Å². The zero-order valence-electron chi connectivity index (χ0n) is 41.9. The third-order valence-electron chi connectivity index (χ3n) is 13.3. The zero-order valence-corrected chi connectivity index (χ0v) is 44.3. The first-order chi connectivity index (χ1) is 37.6.